The Kier molecular flexibility index (Phi) is 7.69. The molecule has 2 rings (SSSR count). The number of nitro benzene ring substituents is 1. The van der Waals surface area contributed by atoms with Crippen LogP contribution >= 0.6 is 0 Å². The fourth-order valence-corrected chi connectivity index (χ4v) is 4.25. The molecule has 3 N–H and O–H groups in total. The molecule has 1 saturated heterocycles. The summed E-state index contributed by atoms with van der Waals surface area (Å²) in [5, 5.41) is 16.8. The van der Waals surface area contributed by atoms with E-state index in [9.17, 15) is 23.3 Å². The lowest BCUT2D eigenvalue weighted by molar-refractivity contribution is -0.385. The monoisotopic (exact) mass is 398 g/mol. The van der Waals surface area contributed by atoms with Crippen LogP contribution in [0.5, 0.6) is 0 Å². The molecule has 27 heavy (non-hydrogen) atoms. The van der Waals surface area contributed by atoms with Crippen molar-refractivity contribution in [1.29, 1.82) is 0 Å². The predicted molar refractivity (Wildman–Crippen MR) is 101 cm³/mol. The maximum atomic E-state index is 12.2. The van der Waals surface area contributed by atoms with Crippen LogP contribution in [-0.4, -0.2) is 45.4 Å². The van der Waals surface area contributed by atoms with Gasteiger partial charge in [-0.25, -0.2) is 13.1 Å². The van der Waals surface area contributed by atoms with Gasteiger partial charge in [0.15, 0.2) is 0 Å². The molecule has 1 atom stereocenters. The van der Waals surface area contributed by atoms with Gasteiger partial charge in [-0.3, -0.25) is 14.9 Å². The van der Waals surface area contributed by atoms with Crippen molar-refractivity contribution in [2.24, 2.45) is 11.8 Å². The minimum absolute atomic E-state index is 0.0124. The fourth-order valence-electron chi connectivity index (χ4n) is 3.18. The molecule has 0 bridgehead atoms. The van der Waals surface area contributed by atoms with E-state index in [2.05, 4.69) is 22.3 Å². The maximum Gasteiger partial charge on any atom is 0.270 e. The summed E-state index contributed by atoms with van der Waals surface area (Å²) in [6, 6.07) is 4.83. The van der Waals surface area contributed by atoms with Crippen LogP contribution in [0.4, 0.5) is 5.69 Å². The Hall–Kier alpha value is -2.04. The Bertz CT molecular complexity index is 762. The molecule has 0 saturated carbocycles. The molecule has 1 aromatic carbocycles. The van der Waals surface area contributed by atoms with Gasteiger partial charge in [0.1, 0.15) is 0 Å². The average molecular weight is 398 g/mol. The molecule has 1 aliphatic rings. The minimum atomic E-state index is -3.87. The first-order valence-corrected chi connectivity index (χ1v) is 10.5. The van der Waals surface area contributed by atoms with E-state index in [1.54, 1.807) is 0 Å². The maximum absolute atomic E-state index is 12.2. The first kappa shape index (κ1) is 21.3. The number of benzene rings is 1. The summed E-state index contributed by atoms with van der Waals surface area (Å²) in [4.78, 5) is 22.0. The number of piperidine rings is 1. The fraction of sp³-hybridized carbons (Fsp3) is 0.588. The number of sulfonamides is 1. The number of nitrogens with zero attached hydrogens (tertiary/aromatic N) is 1. The third kappa shape index (κ3) is 6.56. The Morgan fingerprint density at radius 2 is 2.04 bits per heavy atom. The molecule has 0 radical (unpaired) electrons. The zero-order valence-electron chi connectivity index (χ0n) is 15.3. The van der Waals surface area contributed by atoms with Gasteiger partial charge in [-0.2, -0.15) is 0 Å². The summed E-state index contributed by atoms with van der Waals surface area (Å²) in [6.45, 7) is 4.21. The molecule has 1 unspecified atom stereocenters. The number of hydrogen-bond acceptors (Lipinski definition) is 6. The van der Waals surface area contributed by atoms with Crippen molar-refractivity contribution < 1.29 is 18.1 Å². The van der Waals surface area contributed by atoms with Crippen LogP contribution in [0.1, 0.15) is 26.2 Å². The van der Waals surface area contributed by atoms with Crippen molar-refractivity contribution in [1.82, 2.24) is 15.4 Å². The topological polar surface area (TPSA) is 130 Å². The third-order valence-electron chi connectivity index (χ3n) is 4.77. The number of carbonyl (C=O) groups is 1. The molecule has 9 nitrogen and oxygen atoms in total. The standard InChI is InChI=1S/C17H26N4O5S/c1-13(14-5-7-18-8-6-14)11-17(22)19-9-10-20-27(25,26)16-4-2-3-15(12-16)21(23)24/h2-4,12-14,18,20H,5-11H2,1H3,(H,19,22). The highest BCUT2D eigenvalue weighted by Crippen LogP contribution is 2.24. The smallest absolute Gasteiger partial charge is 0.270 e. The number of nitro groups is 1. The van der Waals surface area contributed by atoms with Crippen LogP contribution in [0.25, 0.3) is 0 Å². The zero-order chi connectivity index (χ0) is 19.9. The second-order valence-corrected chi connectivity index (χ2v) is 8.54. The second-order valence-electron chi connectivity index (χ2n) is 6.77. The first-order chi connectivity index (χ1) is 12.8. The summed E-state index contributed by atoms with van der Waals surface area (Å²) < 4.78 is 26.7. The molecule has 0 aromatic heterocycles. The number of hydrogen-bond donors (Lipinski definition) is 3. The van der Waals surface area contributed by atoms with Crippen LogP contribution in [0.2, 0.25) is 0 Å². The van der Waals surface area contributed by atoms with Crippen molar-refractivity contribution in [3.05, 3.63) is 34.4 Å². The van der Waals surface area contributed by atoms with E-state index in [4.69, 9.17) is 0 Å². The van der Waals surface area contributed by atoms with E-state index in [0.717, 1.165) is 32.0 Å². The normalized spacial score (nSPS) is 16.6. The molecular weight excluding hydrogens is 372 g/mol. The van der Waals surface area contributed by atoms with Crippen LogP contribution < -0.4 is 15.4 Å². The SMILES string of the molecule is CC(CC(=O)NCCNS(=O)(=O)c1cccc([N+](=O)[O-])c1)C1CCNCC1. The molecule has 150 valence electrons. The van der Waals surface area contributed by atoms with Crippen LogP contribution in [0, 0.1) is 22.0 Å². The highest BCUT2D eigenvalue weighted by Gasteiger charge is 2.22. The van der Waals surface area contributed by atoms with Gasteiger partial charge in [0, 0.05) is 31.6 Å². The van der Waals surface area contributed by atoms with Gasteiger partial charge in [-0.1, -0.05) is 13.0 Å². The van der Waals surface area contributed by atoms with Gasteiger partial charge in [0.2, 0.25) is 15.9 Å². The highest BCUT2D eigenvalue weighted by molar-refractivity contribution is 7.89. The summed E-state index contributed by atoms with van der Waals surface area (Å²) in [5.41, 5.74) is -0.293. The van der Waals surface area contributed by atoms with Crippen molar-refractivity contribution in [2.45, 2.75) is 31.1 Å². The molecule has 0 aliphatic carbocycles. The Balaban J connectivity index is 1.75. The summed E-state index contributed by atoms with van der Waals surface area (Å²) in [7, 11) is -3.87. The predicted octanol–water partition coefficient (Wildman–Crippen LogP) is 1.02. The van der Waals surface area contributed by atoms with Gasteiger partial charge >= 0.3 is 0 Å². The van der Waals surface area contributed by atoms with Gasteiger partial charge in [0.05, 0.1) is 9.82 Å². The summed E-state index contributed by atoms with van der Waals surface area (Å²) in [5.74, 6) is 0.716. The average Bonchev–Trinajstić information content (AvgIpc) is 2.66. The second kappa shape index (κ2) is 9.77. The van der Waals surface area contributed by atoms with Crippen LogP contribution in [0.3, 0.4) is 0 Å². The van der Waals surface area contributed by atoms with Crippen molar-refractivity contribution in [3.8, 4) is 0 Å². The number of amides is 1. The molecule has 1 aromatic rings. The number of nitrogens with one attached hydrogen (secondary N) is 3. The molecule has 1 amide bonds. The summed E-state index contributed by atoms with van der Waals surface area (Å²) in [6.07, 6.45) is 2.55. The Labute approximate surface area is 159 Å². The van der Waals surface area contributed by atoms with Crippen LogP contribution in [-0.2, 0) is 14.8 Å². The Morgan fingerprint density at radius 3 is 2.70 bits per heavy atom. The molecule has 1 aliphatic heterocycles. The molecule has 1 heterocycles. The first-order valence-electron chi connectivity index (χ1n) is 9.01. The number of carbonyl (C=O) groups excluding carboxylic acids is 1. The zero-order valence-corrected chi connectivity index (χ0v) is 16.1. The van der Waals surface area contributed by atoms with Crippen molar-refractivity contribution in [2.75, 3.05) is 26.2 Å². The molecule has 10 heteroatoms. The minimum Gasteiger partial charge on any atom is -0.355 e. The Morgan fingerprint density at radius 1 is 1.33 bits per heavy atom. The van der Waals surface area contributed by atoms with E-state index in [1.807, 2.05) is 0 Å². The lowest BCUT2D eigenvalue weighted by Gasteiger charge is -2.27. The van der Waals surface area contributed by atoms with Gasteiger partial charge in [-0.05, 0) is 43.8 Å². The van der Waals surface area contributed by atoms with Gasteiger partial charge in [0.25, 0.3) is 5.69 Å². The van der Waals surface area contributed by atoms with Gasteiger partial charge in [-0.15, -0.1) is 0 Å². The summed E-state index contributed by atoms with van der Waals surface area (Å²) >= 11 is 0. The van der Waals surface area contributed by atoms with E-state index < -0.39 is 14.9 Å². The van der Waals surface area contributed by atoms with E-state index in [-0.39, 0.29) is 35.5 Å². The quantitative estimate of drug-likeness (QED) is 0.323. The van der Waals surface area contributed by atoms with Crippen molar-refractivity contribution in [3.63, 3.8) is 0 Å². The van der Waals surface area contributed by atoms with E-state index in [1.165, 1.54) is 18.2 Å². The van der Waals surface area contributed by atoms with Crippen LogP contribution in [0.15, 0.2) is 29.2 Å². The number of non-ortho nitro benzene ring substituents is 1. The largest absolute Gasteiger partial charge is 0.355 e. The lowest BCUT2D eigenvalue weighted by atomic mass is 9.84. The molecule has 1 fully saturated rings. The highest BCUT2D eigenvalue weighted by atomic mass is 32.2. The lowest BCUT2D eigenvalue weighted by Crippen LogP contribution is -2.36. The van der Waals surface area contributed by atoms with Crippen molar-refractivity contribution >= 4 is 21.6 Å². The van der Waals surface area contributed by atoms with E-state index in [0.29, 0.717) is 12.3 Å². The number of rotatable bonds is 9. The van der Waals surface area contributed by atoms with E-state index >= 15 is 0 Å². The molecule has 0 spiro atoms. The molecular formula is C17H26N4O5S. The van der Waals surface area contributed by atoms with Gasteiger partial charge < -0.3 is 10.6 Å². The third-order valence-corrected chi connectivity index (χ3v) is 6.23.